The van der Waals surface area contributed by atoms with Crippen molar-refractivity contribution in [3.63, 3.8) is 0 Å². The average molecular weight is 294 g/mol. The topological polar surface area (TPSA) is 46.3 Å². The third-order valence-electron chi connectivity index (χ3n) is 2.84. The first kappa shape index (κ1) is 14.4. The summed E-state index contributed by atoms with van der Waals surface area (Å²) in [6.45, 7) is 6.35. The molecule has 1 aliphatic rings. The van der Waals surface area contributed by atoms with Crippen LogP contribution >= 0.6 is 23.1 Å². The van der Waals surface area contributed by atoms with Gasteiger partial charge in [-0.3, -0.25) is 4.79 Å². The lowest BCUT2D eigenvalue weighted by atomic mass is 10.2. The number of thioether (sulfide) groups is 1. The van der Waals surface area contributed by atoms with E-state index in [1.54, 1.807) is 0 Å². The highest BCUT2D eigenvalue weighted by Gasteiger charge is 2.30. The molecule has 2 heterocycles. The molecule has 2 rings (SSSR count). The minimum absolute atomic E-state index is 0.124. The van der Waals surface area contributed by atoms with E-state index in [2.05, 4.69) is 25.7 Å². The van der Waals surface area contributed by atoms with Crippen LogP contribution in [0.1, 0.15) is 28.4 Å². The zero-order chi connectivity index (χ0) is 13.9. The first-order chi connectivity index (χ1) is 9.02. The molecule has 1 saturated heterocycles. The molecular weight excluding hydrogens is 276 g/mol. The SMILES string of the molecule is CC1(C)CN(C(=O)c2ccc(C#CCN)s2)CCS1. The molecule has 1 aromatic rings. The Kier molecular flexibility index (Phi) is 4.56. The molecule has 1 aromatic heterocycles. The van der Waals surface area contributed by atoms with Gasteiger partial charge in [-0.25, -0.2) is 0 Å². The van der Waals surface area contributed by atoms with Crippen LogP contribution in [0, 0.1) is 11.8 Å². The number of thiophene rings is 1. The van der Waals surface area contributed by atoms with Crippen molar-refractivity contribution < 1.29 is 4.79 Å². The van der Waals surface area contributed by atoms with E-state index in [9.17, 15) is 4.79 Å². The first-order valence-electron chi connectivity index (χ1n) is 6.24. The molecule has 2 N–H and O–H groups in total. The summed E-state index contributed by atoms with van der Waals surface area (Å²) in [6.07, 6.45) is 0. The monoisotopic (exact) mass is 294 g/mol. The molecule has 0 bridgehead atoms. The molecule has 0 unspecified atom stereocenters. The summed E-state index contributed by atoms with van der Waals surface area (Å²) in [7, 11) is 0. The van der Waals surface area contributed by atoms with Crippen LogP contribution in [0.5, 0.6) is 0 Å². The van der Waals surface area contributed by atoms with Crippen molar-refractivity contribution in [1.82, 2.24) is 4.90 Å². The van der Waals surface area contributed by atoms with Gasteiger partial charge in [0.1, 0.15) is 0 Å². The molecule has 0 saturated carbocycles. The highest BCUT2D eigenvalue weighted by Crippen LogP contribution is 2.30. The molecule has 5 heteroatoms. The van der Waals surface area contributed by atoms with Crippen molar-refractivity contribution in [3.8, 4) is 11.8 Å². The highest BCUT2D eigenvalue weighted by molar-refractivity contribution is 8.00. The van der Waals surface area contributed by atoms with Crippen LogP contribution in [0.3, 0.4) is 0 Å². The molecule has 0 atom stereocenters. The van der Waals surface area contributed by atoms with Gasteiger partial charge in [-0.15, -0.1) is 11.3 Å². The van der Waals surface area contributed by atoms with Crippen molar-refractivity contribution in [2.75, 3.05) is 25.4 Å². The minimum Gasteiger partial charge on any atom is -0.336 e. The van der Waals surface area contributed by atoms with Crippen LogP contribution < -0.4 is 5.73 Å². The Labute approximate surface area is 122 Å². The normalized spacial score (nSPS) is 17.7. The van der Waals surface area contributed by atoms with E-state index in [0.717, 1.165) is 28.6 Å². The maximum atomic E-state index is 12.4. The number of nitrogens with zero attached hydrogens (tertiary/aromatic N) is 1. The molecule has 0 radical (unpaired) electrons. The van der Waals surface area contributed by atoms with Crippen molar-refractivity contribution in [2.45, 2.75) is 18.6 Å². The zero-order valence-corrected chi connectivity index (χ0v) is 12.9. The van der Waals surface area contributed by atoms with Crippen LogP contribution in [-0.2, 0) is 0 Å². The van der Waals surface area contributed by atoms with E-state index in [4.69, 9.17) is 5.73 Å². The zero-order valence-electron chi connectivity index (χ0n) is 11.2. The second-order valence-electron chi connectivity index (χ2n) is 5.00. The Morgan fingerprint density at radius 1 is 1.53 bits per heavy atom. The molecule has 3 nitrogen and oxygen atoms in total. The Morgan fingerprint density at radius 2 is 2.32 bits per heavy atom. The summed E-state index contributed by atoms with van der Waals surface area (Å²) in [5, 5.41) is 0. The van der Waals surface area contributed by atoms with Crippen molar-refractivity contribution in [3.05, 3.63) is 21.9 Å². The fourth-order valence-electron chi connectivity index (χ4n) is 2.00. The summed E-state index contributed by atoms with van der Waals surface area (Å²) < 4.78 is 0.146. The van der Waals surface area contributed by atoms with Crippen molar-refractivity contribution >= 4 is 29.0 Å². The number of amides is 1. The fourth-order valence-corrected chi connectivity index (χ4v) is 3.96. The number of carbonyl (C=O) groups excluding carboxylic acids is 1. The molecule has 19 heavy (non-hydrogen) atoms. The maximum absolute atomic E-state index is 12.4. The lowest BCUT2D eigenvalue weighted by Gasteiger charge is -2.37. The van der Waals surface area contributed by atoms with Gasteiger partial charge in [0.05, 0.1) is 16.3 Å². The quantitative estimate of drug-likeness (QED) is 0.806. The third kappa shape index (κ3) is 3.75. The van der Waals surface area contributed by atoms with Crippen LogP contribution in [0.25, 0.3) is 0 Å². The predicted octanol–water partition coefficient (Wildman–Crippen LogP) is 2.03. The fraction of sp³-hybridized carbons (Fsp3) is 0.500. The van der Waals surface area contributed by atoms with Gasteiger partial charge in [-0.05, 0) is 26.0 Å². The Hall–Kier alpha value is -0.960. The summed E-state index contributed by atoms with van der Waals surface area (Å²) in [4.78, 5) is 16.0. The number of hydrogen-bond donors (Lipinski definition) is 1. The molecule has 1 amide bonds. The van der Waals surface area contributed by atoms with E-state index in [1.807, 2.05) is 28.8 Å². The van der Waals surface area contributed by atoms with Gasteiger partial charge in [0, 0.05) is 23.6 Å². The summed E-state index contributed by atoms with van der Waals surface area (Å²) in [6, 6.07) is 3.76. The lowest BCUT2D eigenvalue weighted by Crippen LogP contribution is -2.45. The number of rotatable bonds is 1. The Morgan fingerprint density at radius 3 is 3.00 bits per heavy atom. The molecule has 1 aliphatic heterocycles. The summed E-state index contributed by atoms with van der Waals surface area (Å²) in [5.41, 5.74) is 5.34. The van der Waals surface area contributed by atoms with E-state index >= 15 is 0 Å². The molecular formula is C14H18N2OS2. The number of hydrogen-bond acceptors (Lipinski definition) is 4. The van der Waals surface area contributed by atoms with Gasteiger partial charge in [-0.2, -0.15) is 11.8 Å². The van der Waals surface area contributed by atoms with E-state index in [0.29, 0.717) is 6.54 Å². The first-order valence-corrected chi connectivity index (χ1v) is 8.04. The average Bonchev–Trinajstić information content (AvgIpc) is 2.83. The second kappa shape index (κ2) is 6.00. The molecule has 0 aromatic carbocycles. The smallest absolute Gasteiger partial charge is 0.264 e. The van der Waals surface area contributed by atoms with Crippen molar-refractivity contribution in [2.24, 2.45) is 5.73 Å². The van der Waals surface area contributed by atoms with Gasteiger partial charge in [-0.1, -0.05) is 11.8 Å². The molecule has 102 valence electrons. The van der Waals surface area contributed by atoms with E-state index < -0.39 is 0 Å². The van der Waals surface area contributed by atoms with Gasteiger partial charge in [0.2, 0.25) is 0 Å². The van der Waals surface area contributed by atoms with Gasteiger partial charge >= 0.3 is 0 Å². The van der Waals surface area contributed by atoms with E-state index in [1.165, 1.54) is 11.3 Å². The van der Waals surface area contributed by atoms with Crippen LogP contribution in [0.2, 0.25) is 0 Å². The maximum Gasteiger partial charge on any atom is 0.264 e. The second-order valence-corrected chi connectivity index (χ2v) is 7.89. The Balaban J connectivity index is 2.09. The van der Waals surface area contributed by atoms with Gasteiger partial charge in [0.25, 0.3) is 5.91 Å². The summed E-state index contributed by atoms with van der Waals surface area (Å²) in [5.74, 6) is 6.90. The third-order valence-corrected chi connectivity index (χ3v) is 5.13. The van der Waals surface area contributed by atoms with Gasteiger partial charge in [0.15, 0.2) is 0 Å². The minimum atomic E-state index is 0.124. The van der Waals surface area contributed by atoms with Crippen molar-refractivity contribution in [1.29, 1.82) is 0 Å². The number of nitrogens with two attached hydrogens (primary N) is 1. The molecule has 0 aliphatic carbocycles. The highest BCUT2D eigenvalue weighted by atomic mass is 32.2. The van der Waals surface area contributed by atoms with Crippen LogP contribution in [-0.4, -0.2) is 40.9 Å². The lowest BCUT2D eigenvalue weighted by molar-refractivity contribution is 0.0753. The largest absolute Gasteiger partial charge is 0.336 e. The van der Waals surface area contributed by atoms with Crippen LogP contribution in [0.4, 0.5) is 0 Å². The Bertz CT molecular complexity index is 525. The number of carbonyl (C=O) groups is 1. The van der Waals surface area contributed by atoms with E-state index in [-0.39, 0.29) is 10.7 Å². The summed E-state index contributed by atoms with van der Waals surface area (Å²) >= 11 is 3.37. The standard InChI is InChI=1S/C14H18N2OS2/c1-14(2)10-16(8-9-18-14)13(17)12-6-5-11(19-12)4-3-7-15/h5-6H,7-10,15H2,1-2H3. The van der Waals surface area contributed by atoms with Gasteiger partial charge < -0.3 is 10.6 Å². The predicted molar refractivity (Wildman–Crippen MR) is 82.7 cm³/mol. The molecule has 1 fully saturated rings. The molecule has 0 spiro atoms. The van der Waals surface area contributed by atoms with Crippen LogP contribution in [0.15, 0.2) is 12.1 Å².